The number of carbonyl (C=O) groups is 2. The Kier molecular flexibility index (Phi) is 5.00. The number of amides is 2. The summed E-state index contributed by atoms with van der Waals surface area (Å²) >= 11 is 6.03. The third-order valence-corrected chi connectivity index (χ3v) is 6.01. The molecule has 2 aliphatic heterocycles. The molecule has 2 heterocycles. The SMILES string of the molecule is COc1ccccc1N1C(=O)[C@H]2[C@H](ON(c3ccc(Cl)cc3)[C@H]2c2ccc(O)cc2)C1=O. The summed E-state index contributed by atoms with van der Waals surface area (Å²) in [7, 11) is 1.49. The second-order valence-corrected chi connectivity index (χ2v) is 8.01. The van der Waals surface area contributed by atoms with E-state index in [2.05, 4.69) is 0 Å². The van der Waals surface area contributed by atoms with E-state index in [4.69, 9.17) is 21.2 Å². The average Bonchev–Trinajstić information content (AvgIpc) is 3.31. The standard InChI is InChI=1S/C24H19ClN2O5/c1-31-19-5-3-2-4-18(19)26-23(29)20-21(14-6-12-17(28)13-7-14)27(32-22(20)24(26)30)16-10-8-15(25)9-11-16/h2-13,20-22,28H,1H3/t20-,21+,22+/m1/s1. The monoisotopic (exact) mass is 450 g/mol. The van der Waals surface area contributed by atoms with Gasteiger partial charge >= 0.3 is 0 Å². The molecule has 1 N–H and O–H groups in total. The van der Waals surface area contributed by atoms with Crippen LogP contribution in [-0.2, 0) is 14.4 Å². The first-order chi connectivity index (χ1) is 15.5. The molecular formula is C24H19ClN2O5. The molecule has 2 amide bonds. The van der Waals surface area contributed by atoms with E-state index in [1.807, 2.05) is 0 Å². The number of fused-ring (bicyclic) bond motifs is 1. The van der Waals surface area contributed by atoms with E-state index in [-0.39, 0.29) is 11.7 Å². The lowest BCUT2D eigenvalue weighted by Crippen LogP contribution is -2.37. The highest BCUT2D eigenvalue weighted by Gasteiger charge is 2.60. The molecule has 2 aliphatic rings. The van der Waals surface area contributed by atoms with Crippen molar-refractivity contribution in [1.29, 1.82) is 0 Å². The van der Waals surface area contributed by atoms with Gasteiger partial charge in [0.25, 0.3) is 5.91 Å². The number of para-hydroxylation sites is 2. The number of phenolic OH excluding ortho intramolecular Hbond substituents is 1. The van der Waals surface area contributed by atoms with Crippen LogP contribution in [0.3, 0.4) is 0 Å². The number of ether oxygens (including phenoxy) is 1. The number of phenols is 1. The Morgan fingerprint density at radius 2 is 1.62 bits per heavy atom. The summed E-state index contributed by atoms with van der Waals surface area (Å²) in [5, 5.41) is 11.9. The highest BCUT2D eigenvalue weighted by atomic mass is 35.5. The second-order valence-electron chi connectivity index (χ2n) is 7.57. The quantitative estimate of drug-likeness (QED) is 0.603. The maximum absolute atomic E-state index is 13.6. The van der Waals surface area contributed by atoms with Crippen LogP contribution in [0.2, 0.25) is 5.02 Å². The fourth-order valence-corrected chi connectivity index (χ4v) is 4.41. The average molecular weight is 451 g/mol. The van der Waals surface area contributed by atoms with E-state index < -0.39 is 24.0 Å². The smallest absolute Gasteiger partial charge is 0.266 e. The van der Waals surface area contributed by atoms with Gasteiger partial charge in [0.05, 0.1) is 24.5 Å². The molecule has 162 valence electrons. The first-order valence-corrected chi connectivity index (χ1v) is 10.4. The molecule has 0 saturated carbocycles. The highest BCUT2D eigenvalue weighted by Crippen LogP contribution is 2.48. The molecule has 5 rings (SSSR count). The summed E-state index contributed by atoms with van der Waals surface area (Å²) in [5.41, 5.74) is 1.77. The second kappa shape index (κ2) is 7.85. The number of hydroxylamine groups is 1. The Morgan fingerprint density at radius 1 is 0.938 bits per heavy atom. The fourth-order valence-electron chi connectivity index (χ4n) is 4.29. The third kappa shape index (κ3) is 3.18. The van der Waals surface area contributed by atoms with Crippen LogP contribution in [0.5, 0.6) is 11.5 Å². The summed E-state index contributed by atoms with van der Waals surface area (Å²) in [4.78, 5) is 34.2. The van der Waals surface area contributed by atoms with Gasteiger partial charge in [-0.15, -0.1) is 0 Å². The van der Waals surface area contributed by atoms with Gasteiger partial charge in [-0.1, -0.05) is 35.9 Å². The number of aromatic hydroxyl groups is 1. The van der Waals surface area contributed by atoms with Crippen molar-refractivity contribution in [2.75, 3.05) is 17.1 Å². The van der Waals surface area contributed by atoms with E-state index in [0.717, 1.165) is 10.5 Å². The molecule has 3 aromatic carbocycles. The van der Waals surface area contributed by atoms with Gasteiger partial charge in [-0.3, -0.25) is 14.4 Å². The van der Waals surface area contributed by atoms with Crippen LogP contribution in [0.25, 0.3) is 0 Å². The van der Waals surface area contributed by atoms with Crippen LogP contribution in [0, 0.1) is 5.92 Å². The number of carbonyl (C=O) groups excluding carboxylic acids is 2. The van der Waals surface area contributed by atoms with E-state index >= 15 is 0 Å². The lowest BCUT2D eigenvalue weighted by molar-refractivity contribution is -0.126. The van der Waals surface area contributed by atoms with Crippen molar-refractivity contribution in [3.8, 4) is 11.5 Å². The lowest BCUT2D eigenvalue weighted by Gasteiger charge is -2.29. The molecule has 0 radical (unpaired) electrons. The van der Waals surface area contributed by atoms with Gasteiger partial charge in [-0.05, 0) is 54.1 Å². The zero-order chi connectivity index (χ0) is 22.4. The van der Waals surface area contributed by atoms with E-state index in [0.29, 0.717) is 22.1 Å². The van der Waals surface area contributed by atoms with Gasteiger partial charge in [-0.2, -0.15) is 0 Å². The molecule has 0 aromatic heterocycles. The van der Waals surface area contributed by atoms with Gasteiger partial charge in [0.15, 0.2) is 6.10 Å². The van der Waals surface area contributed by atoms with Crippen molar-refractivity contribution in [2.24, 2.45) is 5.92 Å². The minimum Gasteiger partial charge on any atom is -0.508 e. The Hall–Kier alpha value is -3.55. The summed E-state index contributed by atoms with van der Waals surface area (Å²) < 4.78 is 5.37. The number of anilines is 2. The van der Waals surface area contributed by atoms with Crippen LogP contribution in [-0.4, -0.2) is 30.1 Å². The van der Waals surface area contributed by atoms with Gasteiger partial charge in [0, 0.05) is 5.02 Å². The number of nitrogens with zero attached hydrogens (tertiary/aromatic N) is 2. The largest absolute Gasteiger partial charge is 0.508 e. The minimum absolute atomic E-state index is 0.103. The number of imide groups is 1. The molecule has 0 spiro atoms. The van der Waals surface area contributed by atoms with Crippen molar-refractivity contribution >= 4 is 34.8 Å². The molecule has 0 unspecified atom stereocenters. The molecule has 3 aromatic rings. The van der Waals surface area contributed by atoms with Crippen LogP contribution in [0.4, 0.5) is 11.4 Å². The molecule has 32 heavy (non-hydrogen) atoms. The number of hydrogen-bond acceptors (Lipinski definition) is 6. The number of halogens is 1. The van der Waals surface area contributed by atoms with E-state index in [1.165, 1.54) is 7.11 Å². The van der Waals surface area contributed by atoms with Gasteiger partial charge in [-0.25, -0.2) is 9.96 Å². The molecule has 3 atom stereocenters. The summed E-state index contributed by atoms with van der Waals surface area (Å²) in [6, 6.07) is 19.8. The van der Waals surface area contributed by atoms with Crippen LogP contribution in [0.1, 0.15) is 11.6 Å². The third-order valence-electron chi connectivity index (χ3n) is 5.76. The maximum Gasteiger partial charge on any atom is 0.266 e. The Morgan fingerprint density at radius 3 is 2.31 bits per heavy atom. The van der Waals surface area contributed by atoms with Crippen molar-refractivity contribution in [3.05, 3.63) is 83.4 Å². The maximum atomic E-state index is 13.6. The zero-order valence-corrected chi connectivity index (χ0v) is 17.8. The molecule has 8 heteroatoms. The Labute approximate surface area is 189 Å². The lowest BCUT2D eigenvalue weighted by atomic mass is 9.90. The normalized spacial score (nSPS) is 22.4. The molecule has 0 aliphatic carbocycles. The summed E-state index contributed by atoms with van der Waals surface area (Å²) in [5.74, 6) is -1.09. The van der Waals surface area contributed by atoms with Gasteiger partial charge in [0.1, 0.15) is 17.4 Å². The number of hydrogen-bond donors (Lipinski definition) is 1. The first-order valence-electron chi connectivity index (χ1n) is 10.0. The van der Waals surface area contributed by atoms with Crippen LogP contribution >= 0.6 is 11.6 Å². The number of rotatable bonds is 4. The number of benzene rings is 3. The van der Waals surface area contributed by atoms with Crippen molar-refractivity contribution in [2.45, 2.75) is 12.1 Å². The first kappa shape index (κ1) is 20.4. The molecule has 0 bridgehead atoms. The fraction of sp³-hybridized carbons (Fsp3) is 0.167. The molecular weight excluding hydrogens is 432 g/mol. The summed E-state index contributed by atoms with van der Waals surface area (Å²) in [6.07, 6.45) is -0.998. The topological polar surface area (TPSA) is 79.3 Å². The zero-order valence-electron chi connectivity index (χ0n) is 17.0. The predicted molar refractivity (Wildman–Crippen MR) is 119 cm³/mol. The highest BCUT2D eigenvalue weighted by molar-refractivity contribution is 6.30. The summed E-state index contributed by atoms with van der Waals surface area (Å²) in [6.45, 7) is 0. The van der Waals surface area contributed by atoms with Gasteiger partial charge in [0.2, 0.25) is 5.91 Å². The van der Waals surface area contributed by atoms with Crippen molar-refractivity contribution in [3.63, 3.8) is 0 Å². The van der Waals surface area contributed by atoms with Crippen LogP contribution in [0.15, 0.2) is 72.8 Å². The molecule has 2 saturated heterocycles. The molecule has 7 nitrogen and oxygen atoms in total. The van der Waals surface area contributed by atoms with Crippen molar-refractivity contribution in [1.82, 2.24) is 0 Å². The Bertz CT molecular complexity index is 1180. The van der Waals surface area contributed by atoms with E-state index in [9.17, 15) is 14.7 Å². The van der Waals surface area contributed by atoms with Crippen molar-refractivity contribution < 1.29 is 24.3 Å². The number of methoxy groups -OCH3 is 1. The minimum atomic E-state index is -0.998. The van der Waals surface area contributed by atoms with Crippen LogP contribution < -0.4 is 14.7 Å². The van der Waals surface area contributed by atoms with E-state index in [1.54, 1.807) is 77.9 Å². The predicted octanol–water partition coefficient (Wildman–Crippen LogP) is 4.11. The van der Waals surface area contributed by atoms with Gasteiger partial charge < -0.3 is 9.84 Å². The Balaban J connectivity index is 1.59. The molecule has 2 fully saturated rings.